The Morgan fingerprint density at radius 1 is 1.18 bits per heavy atom. The molecule has 1 saturated carbocycles. The molecule has 3 aromatic rings. The van der Waals surface area contributed by atoms with Crippen molar-refractivity contribution < 1.29 is 23.1 Å². The Hall–Kier alpha value is -3.08. The number of aromatic nitrogens is 3. The van der Waals surface area contributed by atoms with E-state index in [1.807, 2.05) is 44.2 Å². The van der Waals surface area contributed by atoms with Gasteiger partial charge in [0.05, 0.1) is 29.2 Å². The van der Waals surface area contributed by atoms with Crippen LogP contribution in [0.1, 0.15) is 92.8 Å². The van der Waals surface area contributed by atoms with Gasteiger partial charge in [0, 0.05) is 13.1 Å². The largest absolute Gasteiger partial charge is 0.481 e. The number of hydrogen-bond donors (Lipinski definition) is 2. The van der Waals surface area contributed by atoms with Crippen LogP contribution in [0, 0.1) is 12.3 Å². The van der Waals surface area contributed by atoms with Gasteiger partial charge in [0.25, 0.3) is 0 Å². The predicted molar refractivity (Wildman–Crippen MR) is 152 cm³/mol. The number of aryl methyl sites for hydroxylation is 2. The summed E-state index contributed by atoms with van der Waals surface area (Å²) in [5.74, 6) is -0.751. The summed E-state index contributed by atoms with van der Waals surface area (Å²) in [6.45, 7) is 7.93. The number of sulfonamides is 1. The van der Waals surface area contributed by atoms with Crippen LogP contribution in [0.25, 0.3) is 0 Å². The summed E-state index contributed by atoms with van der Waals surface area (Å²) < 4.78 is 37.6. The number of nitrogens with one attached hydrogen (secondary N) is 1. The molecule has 9 nitrogen and oxygen atoms in total. The Morgan fingerprint density at radius 2 is 1.90 bits per heavy atom. The first-order chi connectivity index (χ1) is 19.0. The highest BCUT2D eigenvalue weighted by atomic mass is 32.2. The van der Waals surface area contributed by atoms with Crippen LogP contribution in [-0.4, -0.2) is 34.5 Å². The lowest BCUT2D eigenvalue weighted by Crippen LogP contribution is -2.33. The molecule has 40 heavy (non-hydrogen) atoms. The van der Waals surface area contributed by atoms with E-state index in [4.69, 9.17) is 4.74 Å². The summed E-state index contributed by atoms with van der Waals surface area (Å²) in [5, 5.41) is 18.1. The van der Waals surface area contributed by atoms with Crippen LogP contribution in [-0.2, 0) is 39.3 Å². The number of ether oxygens (including phenoxy) is 1. The lowest BCUT2D eigenvalue weighted by atomic mass is 9.81. The Kier molecular flexibility index (Phi) is 9.43. The molecule has 1 fully saturated rings. The molecule has 1 atom stereocenters. The number of carboxylic acid groups (broad SMARTS) is 1. The quantitative estimate of drug-likeness (QED) is 0.296. The van der Waals surface area contributed by atoms with Gasteiger partial charge in [-0.25, -0.2) is 13.1 Å². The van der Waals surface area contributed by atoms with Gasteiger partial charge < -0.3 is 9.84 Å². The van der Waals surface area contributed by atoms with Gasteiger partial charge in [0.15, 0.2) is 0 Å². The van der Waals surface area contributed by atoms with Crippen molar-refractivity contribution in [3.8, 4) is 0 Å². The molecule has 0 bridgehead atoms. The van der Waals surface area contributed by atoms with E-state index in [9.17, 15) is 18.3 Å². The van der Waals surface area contributed by atoms with Crippen molar-refractivity contribution in [2.45, 2.75) is 96.4 Å². The average Bonchev–Trinajstić information content (AvgIpc) is 3.41. The highest BCUT2D eigenvalue weighted by Gasteiger charge is 2.39. The molecule has 1 heterocycles. The molecular formula is C30H40N4O5S. The van der Waals surface area contributed by atoms with Crippen LogP contribution < -0.4 is 4.72 Å². The van der Waals surface area contributed by atoms with E-state index >= 15 is 0 Å². The number of rotatable bonds is 12. The highest BCUT2D eigenvalue weighted by Crippen LogP contribution is 2.39. The zero-order chi connectivity index (χ0) is 28.9. The first-order valence-corrected chi connectivity index (χ1v) is 15.4. The standard InChI is InChI=1S/C30H40N4O5S/c1-5-34-19-25(32-33-34)20-39-28(30(3,4)29(35)36)23-16-15-21(2)24(17-23)18-31-40(37,38)27-14-10-9-13-26(27)22-11-7-6-8-12-22/h9-10,13-17,19,22,28,31H,5-8,11-12,18,20H2,1-4H3,(H,35,36). The number of nitrogens with zero attached hydrogens (tertiary/aromatic N) is 3. The van der Waals surface area contributed by atoms with Crippen LogP contribution in [0.3, 0.4) is 0 Å². The molecule has 4 rings (SSSR count). The van der Waals surface area contributed by atoms with Crippen molar-refractivity contribution in [3.63, 3.8) is 0 Å². The number of benzene rings is 2. The minimum absolute atomic E-state index is 0.0755. The highest BCUT2D eigenvalue weighted by molar-refractivity contribution is 7.89. The predicted octanol–water partition coefficient (Wildman–Crippen LogP) is 5.50. The number of carboxylic acids is 1. The van der Waals surface area contributed by atoms with E-state index in [0.717, 1.165) is 42.4 Å². The fourth-order valence-corrected chi connectivity index (χ4v) is 6.64. The Morgan fingerprint density at radius 3 is 2.58 bits per heavy atom. The topological polar surface area (TPSA) is 123 Å². The smallest absolute Gasteiger partial charge is 0.312 e. The minimum atomic E-state index is -3.77. The lowest BCUT2D eigenvalue weighted by Gasteiger charge is -2.31. The second-order valence-corrected chi connectivity index (χ2v) is 12.9. The fourth-order valence-electron chi connectivity index (χ4n) is 5.33. The molecule has 1 aliphatic rings. The minimum Gasteiger partial charge on any atom is -0.481 e. The first-order valence-electron chi connectivity index (χ1n) is 13.9. The Labute approximate surface area is 237 Å². The van der Waals surface area contributed by atoms with Crippen LogP contribution >= 0.6 is 0 Å². The maximum absolute atomic E-state index is 13.5. The van der Waals surface area contributed by atoms with Crippen LogP contribution in [0.15, 0.2) is 53.6 Å². The molecule has 0 amide bonds. The van der Waals surface area contributed by atoms with E-state index in [2.05, 4.69) is 15.0 Å². The SMILES string of the molecule is CCn1cc(COC(c2ccc(C)c(CNS(=O)(=O)c3ccccc3C3CCCCC3)c2)C(C)(C)C(=O)O)nn1. The van der Waals surface area contributed by atoms with Crippen molar-refractivity contribution in [1.29, 1.82) is 0 Å². The van der Waals surface area contributed by atoms with E-state index in [1.54, 1.807) is 36.9 Å². The van der Waals surface area contributed by atoms with Gasteiger partial charge >= 0.3 is 5.97 Å². The molecular weight excluding hydrogens is 528 g/mol. The molecule has 216 valence electrons. The zero-order valence-corrected chi connectivity index (χ0v) is 24.6. The molecule has 2 aromatic carbocycles. The number of hydrogen-bond acceptors (Lipinski definition) is 6. The van der Waals surface area contributed by atoms with Gasteiger partial charge in [-0.15, -0.1) is 5.10 Å². The van der Waals surface area contributed by atoms with Crippen LogP contribution in [0.5, 0.6) is 0 Å². The average molecular weight is 569 g/mol. The van der Waals surface area contributed by atoms with Crippen molar-refractivity contribution in [3.05, 3.63) is 76.6 Å². The van der Waals surface area contributed by atoms with Crippen LogP contribution in [0.4, 0.5) is 0 Å². The molecule has 1 aliphatic carbocycles. The van der Waals surface area contributed by atoms with E-state index in [1.165, 1.54) is 6.42 Å². The molecule has 2 N–H and O–H groups in total. The van der Waals surface area contributed by atoms with Gasteiger partial charge in [-0.05, 0) is 74.8 Å². The second-order valence-electron chi connectivity index (χ2n) is 11.2. The van der Waals surface area contributed by atoms with Crippen LogP contribution in [0.2, 0.25) is 0 Å². The number of aliphatic carboxylic acids is 1. The maximum Gasteiger partial charge on any atom is 0.312 e. The summed E-state index contributed by atoms with van der Waals surface area (Å²) in [5.41, 5.74) is 2.53. The molecule has 0 saturated heterocycles. The third-order valence-electron chi connectivity index (χ3n) is 7.90. The van der Waals surface area contributed by atoms with Gasteiger partial charge in [0.2, 0.25) is 10.0 Å². The summed E-state index contributed by atoms with van der Waals surface area (Å²) in [6.07, 6.45) is 6.40. The Bertz CT molecular complexity index is 1430. The lowest BCUT2D eigenvalue weighted by molar-refractivity contribution is -0.158. The summed E-state index contributed by atoms with van der Waals surface area (Å²) in [4.78, 5) is 12.6. The van der Waals surface area contributed by atoms with Crippen molar-refractivity contribution >= 4 is 16.0 Å². The summed E-state index contributed by atoms with van der Waals surface area (Å²) in [6, 6.07) is 12.8. The van der Waals surface area contributed by atoms with Gasteiger partial charge in [-0.1, -0.05) is 60.9 Å². The van der Waals surface area contributed by atoms with E-state index in [0.29, 0.717) is 22.7 Å². The molecule has 1 unspecified atom stereocenters. The van der Waals surface area contributed by atoms with Crippen molar-refractivity contribution in [1.82, 2.24) is 19.7 Å². The van der Waals surface area contributed by atoms with Crippen molar-refractivity contribution in [2.24, 2.45) is 5.41 Å². The zero-order valence-electron chi connectivity index (χ0n) is 23.8. The number of carbonyl (C=O) groups is 1. The summed E-state index contributed by atoms with van der Waals surface area (Å²) in [7, 11) is -3.77. The third kappa shape index (κ3) is 6.79. The van der Waals surface area contributed by atoms with Gasteiger partial charge in [-0.2, -0.15) is 0 Å². The van der Waals surface area contributed by atoms with Crippen molar-refractivity contribution in [2.75, 3.05) is 0 Å². The monoisotopic (exact) mass is 568 g/mol. The Balaban J connectivity index is 1.57. The first kappa shape index (κ1) is 29.9. The molecule has 0 spiro atoms. The van der Waals surface area contributed by atoms with Gasteiger partial charge in [0.1, 0.15) is 5.69 Å². The molecule has 0 radical (unpaired) electrons. The maximum atomic E-state index is 13.5. The van der Waals surface area contributed by atoms with Gasteiger partial charge in [-0.3, -0.25) is 9.48 Å². The second kappa shape index (κ2) is 12.6. The fraction of sp³-hybridized carbons (Fsp3) is 0.500. The third-order valence-corrected chi connectivity index (χ3v) is 9.37. The molecule has 10 heteroatoms. The van der Waals surface area contributed by atoms with E-state index < -0.39 is 27.5 Å². The summed E-state index contributed by atoms with van der Waals surface area (Å²) >= 11 is 0. The van der Waals surface area contributed by atoms with E-state index in [-0.39, 0.29) is 19.1 Å². The molecule has 0 aliphatic heterocycles. The molecule has 1 aromatic heterocycles. The normalized spacial score (nSPS) is 15.7.